The van der Waals surface area contributed by atoms with Crippen molar-refractivity contribution < 1.29 is 0 Å². The Balaban J connectivity index is 2.18. The maximum Gasteiger partial charge on any atom is 0.0834 e. The minimum atomic E-state index is -0.144. The lowest BCUT2D eigenvalue weighted by atomic mass is 10.1. The molecule has 4 nitrogen and oxygen atoms in total. The molecule has 2 rings (SSSR count). The van der Waals surface area contributed by atoms with Gasteiger partial charge in [-0.1, -0.05) is 18.5 Å². The monoisotopic (exact) mass is 264 g/mol. The first-order valence-electron chi connectivity index (χ1n) is 6.08. The predicted octanol–water partition coefficient (Wildman–Crippen LogP) is 2.58. The summed E-state index contributed by atoms with van der Waals surface area (Å²) in [6.45, 7) is 2.94. The molecule has 0 aromatic carbocycles. The molecule has 0 amide bonds. The van der Waals surface area contributed by atoms with Crippen molar-refractivity contribution in [1.82, 2.24) is 14.8 Å². The Kier molecular flexibility index (Phi) is 4.33. The van der Waals surface area contributed by atoms with E-state index in [1.165, 1.54) is 0 Å². The third kappa shape index (κ3) is 2.89. The number of hydrogen-bond donors (Lipinski definition) is 1. The summed E-state index contributed by atoms with van der Waals surface area (Å²) >= 11 is 6.17. The van der Waals surface area contributed by atoms with Crippen molar-refractivity contribution in [2.75, 3.05) is 0 Å². The van der Waals surface area contributed by atoms with E-state index in [-0.39, 0.29) is 6.04 Å². The Morgan fingerprint density at radius 1 is 1.39 bits per heavy atom. The van der Waals surface area contributed by atoms with Crippen LogP contribution in [0.1, 0.15) is 30.6 Å². The summed E-state index contributed by atoms with van der Waals surface area (Å²) in [5.41, 5.74) is 8.30. The maximum atomic E-state index is 6.24. The van der Waals surface area contributed by atoms with Gasteiger partial charge in [0.15, 0.2) is 0 Å². The van der Waals surface area contributed by atoms with Gasteiger partial charge in [0.1, 0.15) is 0 Å². The largest absolute Gasteiger partial charge is 0.322 e. The van der Waals surface area contributed by atoms with Crippen LogP contribution in [-0.4, -0.2) is 14.8 Å². The predicted molar refractivity (Wildman–Crippen MR) is 72.4 cm³/mol. The minimum absolute atomic E-state index is 0.144. The normalized spacial score (nSPS) is 12.6. The highest BCUT2D eigenvalue weighted by Crippen LogP contribution is 2.24. The van der Waals surface area contributed by atoms with E-state index in [1.54, 1.807) is 18.6 Å². The lowest BCUT2D eigenvalue weighted by molar-refractivity contribution is 0.538. The highest BCUT2D eigenvalue weighted by Gasteiger charge is 2.16. The van der Waals surface area contributed by atoms with Gasteiger partial charge in [0.05, 0.1) is 23.0 Å². The molecule has 18 heavy (non-hydrogen) atoms. The van der Waals surface area contributed by atoms with E-state index in [2.05, 4.69) is 17.0 Å². The quantitative estimate of drug-likeness (QED) is 0.903. The maximum absolute atomic E-state index is 6.24. The summed E-state index contributed by atoms with van der Waals surface area (Å²) in [6, 6.07) is 3.79. The second-order valence-electron chi connectivity index (χ2n) is 4.27. The zero-order valence-electron chi connectivity index (χ0n) is 10.4. The van der Waals surface area contributed by atoms with Crippen LogP contribution >= 0.6 is 11.6 Å². The number of aryl methyl sites for hydroxylation is 1. The Morgan fingerprint density at radius 3 is 2.78 bits per heavy atom. The summed E-state index contributed by atoms with van der Waals surface area (Å²) in [7, 11) is 0. The highest BCUT2D eigenvalue weighted by atomic mass is 35.5. The Morgan fingerprint density at radius 2 is 2.11 bits per heavy atom. The molecule has 1 atom stereocenters. The van der Waals surface area contributed by atoms with Crippen molar-refractivity contribution >= 4 is 11.6 Å². The van der Waals surface area contributed by atoms with E-state index in [0.717, 1.165) is 30.6 Å². The van der Waals surface area contributed by atoms with Crippen molar-refractivity contribution in [2.24, 2.45) is 5.73 Å². The van der Waals surface area contributed by atoms with Crippen LogP contribution < -0.4 is 5.73 Å². The van der Waals surface area contributed by atoms with E-state index >= 15 is 0 Å². The fourth-order valence-electron chi connectivity index (χ4n) is 2.00. The minimum Gasteiger partial charge on any atom is -0.322 e. The zero-order chi connectivity index (χ0) is 13.0. The molecular weight excluding hydrogens is 248 g/mol. The first-order valence-corrected chi connectivity index (χ1v) is 6.45. The van der Waals surface area contributed by atoms with Crippen molar-refractivity contribution in [3.05, 3.63) is 47.0 Å². The molecule has 0 aliphatic carbocycles. The average molecular weight is 265 g/mol. The summed E-state index contributed by atoms with van der Waals surface area (Å²) in [4.78, 5) is 4.00. The zero-order valence-corrected chi connectivity index (χ0v) is 11.1. The van der Waals surface area contributed by atoms with E-state index in [1.807, 2.05) is 16.8 Å². The van der Waals surface area contributed by atoms with Crippen molar-refractivity contribution in [3.63, 3.8) is 0 Å². The smallest absolute Gasteiger partial charge is 0.0834 e. The van der Waals surface area contributed by atoms with Gasteiger partial charge in [-0.3, -0.25) is 9.67 Å². The summed E-state index contributed by atoms with van der Waals surface area (Å²) < 4.78 is 1.90. The van der Waals surface area contributed by atoms with Crippen molar-refractivity contribution in [1.29, 1.82) is 0 Å². The van der Waals surface area contributed by atoms with Gasteiger partial charge in [-0.05, 0) is 30.5 Å². The lowest BCUT2D eigenvalue weighted by Crippen LogP contribution is -2.19. The molecule has 2 aromatic heterocycles. The molecule has 0 saturated carbocycles. The Hall–Kier alpha value is -1.39. The molecule has 1 unspecified atom stereocenters. The molecule has 0 aliphatic rings. The summed E-state index contributed by atoms with van der Waals surface area (Å²) in [5.74, 6) is 0. The molecule has 0 fully saturated rings. The summed E-state index contributed by atoms with van der Waals surface area (Å²) in [6.07, 6.45) is 6.95. The van der Waals surface area contributed by atoms with Crippen LogP contribution in [0.2, 0.25) is 5.02 Å². The van der Waals surface area contributed by atoms with Crippen LogP contribution in [0.25, 0.3) is 0 Å². The number of aromatic nitrogens is 3. The third-order valence-electron chi connectivity index (χ3n) is 2.82. The van der Waals surface area contributed by atoms with Gasteiger partial charge in [0.25, 0.3) is 0 Å². The average Bonchev–Trinajstić information content (AvgIpc) is 2.72. The SMILES string of the molecule is CCCn1ncc(Cl)c1C(N)Cc1ccncc1. The van der Waals surface area contributed by atoms with E-state index in [9.17, 15) is 0 Å². The van der Waals surface area contributed by atoms with E-state index < -0.39 is 0 Å². The summed E-state index contributed by atoms with van der Waals surface area (Å²) in [5, 5.41) is 4.90. The van der Waals surface area contributed by atoms with Crippen LogP contribution in [0.15, 0.2) is 30.7 Å². The molecule has 0 aliphatic heterocycles. The number of nitrogens with two attached hydrogens (primary N) is 1. The first kappa shape index (κ1) is 13.1. The highest BCUT2D eigenvalue weighted by molar-refractivity contribution is 6.31. The van der Waals surface area contributed by atoms with E-state index in [0.29, 0.717) is 5.02 Å². The molecule has 0 spiro atoms. The van der Waals surface area contributed by atoms with Gasteiger partial charge >= 0.3 is 0 Å². The van der Waals surface area contributed by atoms with Crippen molar-refractivity contribution in [3.8, 4) is 0 Å². The van der Waals surface area contributed by atoms with Gasteiger partial charge in [0, 0.05) is 18.9 Å². The molecule has 2 N–H and O–H groups in total. The molecule has 96 valence electrons. The van der Waals surface area contributed by atoms with Gasteiger partial charge in [-0.25, -0.2) is 0 Å². The number of nitrogens with zero attached hydrogens (tertiary/aromatic N) is 3. The van der Waals surface area contributed by atoms with Crippen LogP contribution in [0.5, 0.6) is 0 Å². The number of hydrogen-bond acceptors (Lipinski definition) is 3. The number of rotatable bonds is 5. The lowest BCUT2D eigenvalue weighted by Gasteiger charge is -2.14. The number of pyridine rings is 1. The van der Waals surface area contributed by atoms with E-state index in [4.69, 9.17) is 17.3 Å². The fraction of sp³-hybridized carbons (Fsp3) is 0.385. The van der Waals surface area contributed by atoms with Gasteiger partial charge < -0.3 is 5.73 Å². The molecule has 0 saturated heterocycles. The molecule has 0 radical (unpaired) electrons. The molecular formula is C13H17ClN4. The van der Waals surface area contributed by atoms with Gasteiger partial charge in [-0.15, -0.1) is 0 Å². The van der Waals surface area contributed by atoms with Gasteiger partial charge in [-0.2, -0.15) is 5.10 Å². The molecule has 5 heteroatoms. The Bertz CT molecular complexity index is 495. The molecule has 2 heterocycles. The molecule has 2 aromatic rings. The standard InChI is InChI=1S/C13H17ClN4/c1-2-7-18-13(11(14)9-17-18)12(15)8-10-3-5-16-6-4-10/h3-6,9,12H,2,7-8,15H2,1H3. The second kappa shape index (κ2) is 5.98. The first-order chi connectivity index (χ1) is 8.72. The second-order valence-corrected chi connectivity index (χ2v) is 4.67. The number of halogens is 1. The molecule has 0 bridgehead atoms. The van der Waals surface area contributed by atoms with Gasteiger partial charge in [0.2, 0.25) is 0 Å². The fourth-order valence-corrected chi connectivity index (χ4v) is 2.28. The topological polar surface area (TPSA) is 56.7 Å². The van der Waals surface area contributed by atoms with Crippen molar-refractivity contribution in [2.45, 2.75) is 32.4 Å². The van der Waals surface area contributed by atoms with Crippen LogP contribution in [0, 0.1) is 0 Å². The van der Waals surface area contributed by atoms with Crippen LogP contribution in [0.4, 0.5) is 0 Å². The van der Waals surface area contributed by atoms with Crippen LogP contribution in [-0.2, 0) is 13.0 Å². The van der Waals surface area contributed by atoms with Crippen LogP contribution in [0.3, 0.4) is 0 Å². The Labute approximate surface area is 112 Å². The third-order valence-corrected chi connectivity index (χ3v) is 3.12.